The van der Waals surface area contributed by atoms with Gasteiger partial charge in [-0.25, -0.2) is 13.1 Å². The maximum absolute atomic E-state index is 13.1. The molecule has 1 heterocycles. The van der Waals surface area contributed by atoms with Crippen molar-refractivity contribution >= 4 is 33.2 Å². The van der Waals surface area contributed by atoms with E-state index in [0.717, 1.165) is 16.7 Å². The number of fused-ring (bicyclic) bond motifs is 4. The van der Waals surface area contributed by atoms with E-state index in [2.05, 4.69) is 47.3 Å². The highest BCUT2D eigenvalue weighted by Gasteiger charge is 2.30. The summed E-state index contributed by atoms with van der Waals surface area (Å²) < 4.78 is 29.2. The average Bonchev–Trinajstić information content (AvgIpc) is 2.90. The fraction of sp³-hybridized carbons (Fsp3) is 0.154. The largest absolute Gasteiger partial charge is 0.308 e. The molecule has 0 aliphatic carbocycles. The second-order valence-electron chi connectivity index (χ2n) is 7.96. The Bertz CT molecular complexity index is 1370. The Kier molecular flexibility index (Phi) is 6.35. The molecule has 0 radical (unpaired) electrons. The fourth-order valence-corrected chi connectivity index (χ4v) is 5.91. The molecule has 164 valence electrons. The maximum Gasteiger partial charge on any atom is 0.241 e. The Balaban J connectivity index is 0.00000245. The number of benzene rings is 4. The highest BCUT2D eigenvalue weighted by atomic mass is 35.5. The molecule has 2 atom stereocenters. The molecular formula is C26H25ClN2O2S. The van der Waals surface area contributed by atoms with Crippen LogP contribution in [0.5, 0.6) is 0 Å². The van der Waals surface area contributed by atoms with Gasteiger partial charge in [0.05, 0.1) is 10.9 Å². The lowest BCUT2D eigenvalue weighted by Crippen LogP contribution is -2.35. The Morgan fingerprint density at radius 1 is 0.844 bits per heavy atom. The second-order valence-corrected chi connectivity index (χ2v) is 9.64. The van der Waals surface area contributed by atoms with Crippen molar-refractivity contribution in [1.82, 2.24) is 10.0 Å². The summed E-state index contributed by atoms with van der Waals surface area (Å²) in [5, 5.41) is 5.97. The van der Waals surface area contributed by atoms with Gasteiger partial charge in [-0.15, -0.1) is 12.4 Å². The molecule has 0 saturated carbocycles. The molecule has 0 bridgehead atoms. The van der Waals surface area contributed by atoms with Crippen LogP contribution in [0, 0.1) is 0 Å². The van der Waals surface area contributed by atoms with E-state index in [9.17, 15) is 8.42 Å². The minimum Gasteiger partial charge on any atom is -0.308 e. The first-order valence-electron chi connectivity index (χ1n) is 10.5. The molecule has 0 saturated heterocycles. The summed E-state index contributed by atoms with van der Waals surface area (Å²) in [5.74, 6) is 0. The van der Waals surface area contributed by atoms with Gasteiger partial charge in [0.25, 0.3) is 0 Å². The van der Waals surface area contributed by atoms with Crippen molar-refractivity contribution < 1.29 is 8.42 Å². The van der Waals surface area contributed by atoms with Gasteiger partial charge in [0.15, 0.2) is 0 Å². The van der Waals surface area contributed by atoms with Gasteiger partial charge in [-0.2, -0.15) is 0 Å². The van der Waals surface area contributed by atoms with Crippen LogP contribution < -0.4 is 10.0 Å². The lowest BCUT2D eigenvalue weighted by atomic mass is 9.94. The number of sulfonamides is 1. The normalized spacial score (nSPS) is 17.5. The lowest BCUT2D eigenvalue weighted by molar-refractivity contribution is 0.497. The molecule has 0 amide bonds. The number of rotatable bonds is 4. The summed E-state index contributed by atoms with van der Waals surface area (Å²) in [5.41, 5.74) is 3.88. The Hall–Kier alpha value is -2.70. The van der Waals surface area contributed by atoms with Crippen LogP contribution in [-0.4, -0.2) is 15.0 Å². The molecule has 2 N–H and O–H groups in total. The van der Waals surface area contributed by atoms with Crippen molar-refractivity contribution in [2.24, 2.45) is 0 Å². The van der Waals surface area contributed by atoms with Crippen LogP contribution in [0.2, 0.25) is 0 Å². The predicted molar refractivity (Wildman–Crippen MR) is 133 cm³/mol. The standard InChI is InChI=1S/C26H24N2O2S.ClH/c1-18(20-15-8-10-19-9-2-3-11-21(19)20)27-17-25-23-13-5-4-12-22(23)24-14-6-7-16-26(24)31(29,30)28-25;/h2-16,18,25,27-28H,17H2,1H3;1H/t18-,25-;/m1./s1. The van der Waals surface area contributed by atoms with Gasteiger partial charge in [0.2, 0.25) is 10.0 Å². The molecule has 1 aliphatic rings. The third-order valence-electron chi connectivity index (χ3n) is 6.02. The molecule has 0 aromatic heterocycles. The zero-order valence-electron chi connectivity index (χ0n) is 17.7. The van der Waals surface area contributed by atoms with E-state index >= 15 is 0 Å². The molecule has 0 unspecified atom stereocenters. The Morgan fingerprint density at radius 3 is 2.34 bits per heavy atom. The smallest absolute Gasteiger partial charge is 0.241 e. The van der Waals surface area contributed by atoms with Crippen molar-refractivity contribution in [2.75, 3.05) is 6.54 Å². The third kappa shape index (κ3) is 4.05. The van der Waals surface area contributed by atoms with Crippen LogP contribution in [0.4, 0.5) is 0 Å². The molecule has 1 aliphatic heterocycles. The SMILES string of the molecule is C[C@@H](NC[C@H]1NS(=O)(=O)c2ccccc2-c2ccccc21)c1cccc2ccccc12.Cl. The van der Waals surface area contributed by atoms with Gasteiger partial charge < -0.3 is 5.32 Å². The fourth-order valence-electron chi connectivity index (χ4n) is 4.47. The molecule has 6 heteroatoms. The minimum atomic E-state index is -3.63. The summed E-state index contributed by atoms with van der Waals surface area (Å²) in [6.07, 6.45) is 0. The van der Waals surface area contributed by atoms with E-state index in [-0.39, 0.29) is 24.5 Å². The quantitative estimate of drug-likeness (QED) is 0.412. The summed E-state index contributed by atoms with van der Waals surface area (Å²) in [4.78, 5) is 0.326. The third-order valence-corrected chi connectivity index (χ3v) is 7.55. The van der Waals surface area contributed by atoms with E-state index in [1.807, 2.05) is 48.5 Å². The molecule has 32 heavy (non-hydrogen) atoms. The monoisotopic (exact) mass is 464 g/mol. The predicted octanol–water partition coefficient (Wildman–Crippen LogP) is 5.61. The zero-order valence-corrected chi connectivity index (χ0v) is 19.3. The highest BCUT2D eigenvalue weighted by molar-refractivity contribution is 7.89. The first-order valence-corrected chi connectivity index (χ1v) is 11.9. The first kappa shape index (κ1) is 22.5. The molecule has 0 fully saturated rings. The first-order chi connectivity index (χ1) is 15.0. The van der Waals surface area contributed by atoms with E-state index in [1.54, 1.807) is 12.1 Å². The number of nitrogens with one attached hydrogen (secondary N) is 2. The maximum atomic E-state index is 13.1. The Morgan fingerprint density at radius 2 is 1.50 bits per heavy atom. The van der Waals surface area contributed by atoms with Crippen LogP contribution in [0.15, 0.2) is 95.9 Å². The molecular weight excluding hydrogens is 440 g/mol. The van der Waals surface area contributed by atoms with Crippen molar-refractivity contribution in [3.63, 3.8) is 0 Å². The molecule has 5 rings (SSSR count). The molecule has 4 aromatic carbocycles. The van der Waals surface area contributed by atoms with Crippen LogP contribution in [-0.2, 0) is 10.0 Å². The summed E-state index contributed by atoms with van der Waals surface area (Å²) in [6.45, 7) is 2.60. The van der Waals surface area contributed by atoms with Gasteiger partial charge in [-0.3, -0.25) is 0 Å². The van der Waals surface area contributed by atoms with Gasteiger partial charge in [0, 0.05) is 18.2 Å². The Labute approximate surface area is 195 Å². The molecule has 4 nitrogen and oxygen atoms in total. The summed E-state index contributed by atoms with van der Waals surface area (Å²) in [7, 11) is -3.63. The van der Waals surface area contributed by atoms with Crippen molar-refractivity contribution in [2.45, 2.75) is 23.9 Å². The van der Waals surface area contributed by atoms with E-state index < -0.39 is 10.0 Å². The van der Waals surface area contributed by atoms with Crippen molar-refractivity contribution in [3.05, 3.63) is 102 Å². The highest BCUT2D eigenvalue weighted by Crippen LogP contribution is 2.37. The van der Waals surface area contributed by atoms with Gasteiger partial charge in [0.1, 0.15) is 0 Å². The topological polar surface area (TPSA) is 58.2 Å². The summed E-state index contributed by atoms with van der Waals surface area (Å²) >= 11 is 0. The number of hydrogen-bond acceptors (Lipinski definition) is 3. The van der Waals surface area contributed by atoms with Crippen LogP contribution in [0.3, 0.4) is 0 Å². The lowest BCUT2D eigenvalue weighted by Gasteiger charge is -2.23. The second kappa shape index (κ2) is 9.04. The molecule has 4 aromatic rings. The summed E-state index contributed by atoms with van der Waals surface area (Å²) in [6, 6.07) is 29.4. The minimum absolute atomic E-state index is 0. The number of halogens is 1. The van der Waals surface area contributed by atoms with Crippen LogP contribution in [0.1, 0.15) is 30.1 Å². The van der Waals surface area contributed by atoms with Crippen molar-refractivity contribution in [1.29, 1.82) is 0 Å². The van der Waals surface area contributed by atoms with E-state index in [1.165, 1.54) is 16.3 Å². The van der Waals surface area contributed by atoms with Gasteiger partial charge in [-0.1, -0.05) is 84.9 Å². The van der Waals surface area contributed by atoms with Crippen LogP contribution in [0.25, 0.3) is 21.9 Å². The number of hydrogen-bond donors (Lipinski definition) is 2. The molecule has 0 spiro atoms. The van der Waals surface area contributed by atoms with Gasteiger partial charge in [-0.05, 0) is 40.5 Å². The van der Waals surface area contributed by atoms with E-state index in [4.69, 9.17) is 0 Å². The average molecular weight is 465 g/mol. The zero-order chi connectivity index (χ0) is 21.4. The van der Waals surface area contributed by atoms with Crippen molar-refractivity contribution in [3.8, 4) is 11.1 Å². The van der Waals surface area contributed by atoms with Crippen LogP contribution >= 0.6 is 12.4 Å². The van der Waals surface area contributed by atoms with Gasteiger partial charge >= 0.3 is 0 Å². The van der Waals surface area contributed by atoms with E-state index in [0.29, 0.717) is 11.4 Å².